The predicted molar refractivity (Wildman–Crippen MR) is 171 cm³/mol. The van der Waals surface area contributed by atoms with Crippen molar-refractivity contribution in [3.8, 4) is 0 Å². The van der Waals surface area contributed by atoms with E-state index in [0.717, 1.165) is 27.8 Å². The SMILES string of the molecule is CN1c2c(ccc3ccccc23)C(C)(C)C12C=C(c1ccccc1)C=C(c1ccccc1)C2C(=O)c1ccccc1. The molecular weight excluding hydrogens is 498 g/mol. The Morgan fingerprint density at radius 2 is 1.27 bits per heavy atom. The summed E-state index contributed by atoms with van der Waals surface area (Å²) in [5.74, 6) is -0.299. The van der Waals surface area contributed by atoms with Gasteiger partial charge >= 0.3 is 0 Å². The molecule has 1 heterocycles. The van der Waals surface area contributed by atoms with Gasteiger partial charge in [-0.15, -0.1) is 0 Å². The Morgan fingerprint density at radius 3 is 1.95 bits per heavy atom. The molecule has 2 aliphatic rings. The molecule has 0 aromatic heterocycles. The molecule has 5 aromatic carbocycles. The van der Waals surface area contributed by atoms with Crippen LogP contribution in [0.1, 0.15) is 40.9 Å². The van der Waals surface area contributed by atoms with Crippen molar-refractivity contribution in [1.82, 2.24) is 0 Å². The zero-order valence-electron chi connectivity index (χ0n) is 23.7. The fourth-order valence-electron chi connectivity index (χ4n) is 7.41. The maximum atomic E-state index is 14.9. The topological polar surface area (TPSA) is 20.3 Å². The van der Waals surface area contributed by atoms with Gasteiger partial charge in [0.15, 0.2) is 5.78 Å². The predicted octanol–water partition coefficient (Wildman–Crippen LogP) is 8.99. The Hall–Kier alpha value is -4.69. The van der Waals surface area contributed by atoms with Crippen molar-refractivity contribution in [3.05, 3.63) is 162 Å². The van der Waals surface area contributed by atoms with Crippen molar-refractivity contribution in [3.63, 3.8) is 0 Å². The van der Waals surface area contributed by atoms with Gasteiger partial charge < -0.3 is 4.90 Å². The number of anilines is 1. The zero-order valence-corrected chi connectivity index (χ0v) is 23.7. The molecule has 7 rings (SSSR count). The molecule has 2 unspecified atom stereocenters. The number of rotatable bonds is 4. The standard InChI is InChI=1S/C39H33NO/c1-38(2)34-24-23-29-19-13-14-22-32(29)36(34)40(3)39(38)26-31(27-15-7-4-8-16-27)25-33(28-17-9-5-10-18-28)35(39)37(41)30-20-11-6-12-21-30/h4-26,35H,1-3H3. The van der Waals surface area contributed by atoms with Crippen molar-refractivity contribution in [2.45, 2.75) is 24.8 Å². The van der Waals surface area contributed by atoms with Crippen LogP contribution in [0.25, 0.3) is 21.9 Å². The Bertz CT molecular complexity index is 1830. The first-order valence-electron chi connectivity index (χ1n) is 14.3. The minimum atomic E-state index is -0.669. The van der Waals surface area contributed by atoms with Crippen molar-refractivity contribution in [1.29, 1.82) is 0 Å². The summed E-state index contributed by atoms with van der Waals surface area (Å²) in [5.41, 5.74) is 6.56. The van der Waals surface area contributed by atoms with Gasteiger partial charge in [-0.25, -0.2) is 0 Å². The molecule has 0 radical (unpaired) electrons. The Kier molecular flexibility index (Phi) is 5.83. The molecule has 1 aliphatic carbocycles. The molecule has 41 heavy (non-hydrogen) atoms. The van der Waals surface area contributed by atoms with Crippen molar-refractivity contribution < 1.29 is 4.79 Å². The molecule has 0 saturated heterocycles. The molecule has 1 spiro atoms. The molecule has 2 heteroatoms. The van der Waals surface area contributed by atoms with E-state index in [9.17, 15) is 4.79 Å². The minimum Gasteiger partial charge on any atom is -0.363 e. The van der Waals surface area contributed by atoms with Gasteiger partial charge in [0, 0.05) is 29.1 Å². The number of likely N-dealkylation sites (N-methyl/N-ethyl adjacent to an activating group) is 1. The summed E-state index contributed by atoms with van der Waals surface area (Å²) < 4.78 is 0. The van der Waals surface area contributed by atoms with Crippen LogP contribution in [0, 0.1) is 5.92 Å². The maximum absolute atomic E-state index is 14.9. The van der Waals surface area contributed by atoms with Crippen LogP contribution >= 0.6 is 0 Å². The summed E-state index contributed by atoms with van der Waals surface area (Å²) in [4.78, 5) is 17.4. The first-order valence-corrected chi connectivity index (χ1v) is 14.3. The molecule has 0 N–H and O–H groups in total. The molecular formula is C39H33NO. The van der Waals surface area contributed by atoms with Gasteiger partial charge in [0.25, 0.3) is 0 Å². The number of carbonyl (C=O) groups is 1. The highest BCUT2D eigenvalue weighted by Crippen LogP contribution is 2.61. The van der Waals surface area contributed by atoms with Crippen molar-refractivity contribution >= 4 is 33.4 Å². The summed E-state index contributed by atoms with van der Waals surface area (Å²) in [6.07, 6.45) is 4.65. The number of nitrogens with zero attached hydrogens (tertiary/aromatic N) is 1. The number of benzene rings is 5. The van der Waals surface area contributed by atoms with Crippen LogP contribution in [0.3, 0.4) is 0 Å². The highest BCUT2D eigenvalue weighted by atomic mass is 16.1. The van der Waals surface area contributed by atoms with Gasteiger partial charge in [-0.3, -0.25) is 4.79 Å². The normalized spacial score (nSPS) is 21.0. The lowest BCUT2D eigenvalue weighted by Gasteiger charge is -2.52. The van der Waals surface area contributed by atoms with Gasteiger partial charge in [-0.2, -0.15) is 0 Å². The summed E-state index contributed by atoms with van der Waals surface area (Å²) in [6, 6.07) is 44.0. The third kappa shape index (κ3) is 3.67. The van der Waals surface area contributed by atoms with Gasteiger partial charge in [-0.1, -0.05) is 141 Å². The minimum absolute atomic E-state index is 0.140. The van der Waals surface area contributed by atoms with E-state index in [1.54, 1.807) is 0 Å². The zero-order chi connectivity index (χ0) is 28.2. The van der Waals surface area contributed by atoms with Crippen LogP contribution in [0.4, 0.5) is 5.69 Å². The van der Waals surface area contributed by atoms with Gasteiger partial charge in [0.2, 0.25) is 0 Å². The summed E-state index contributed by atoms with van der Waals surface area (Å²) in [6.45, 7) is 4.64. The summed E-state index contributed by atoms with van der Waals surface area (Å²) >= 11 is 0. The van der Waals surface area contributed by atoms with E-state index in [0.29, 0.717) is 0 Å². The number of Topliss-reactive ketones (excluding diaryl/α,β-unsaturated/α-hetero) is 1. The summed E-state index contributed by atoms with van der Waals surface area (Å²) in [5, 5.41) is 2.42. The van der Waals surface area contributed by atoms with E-state index < -0.39 is 16.9 Å². The van der Waals surface area contributed by atoms with E-state index in [1.165, 1.54) is 22.0 Å². The molecule has 2 nitrogen and oxygen atoms in total. The molecule has 200 valence electrons. The fraction of sp³-hybridized carbons (Fsp3) is 0.154. The van der Waals surface area contributed by atoms with Gasteiger partial charge in [0.05, 0.1) is 11.5 Å². The first-order chi connectivity index (χ1) is 19.9. The second-order valence-corrected chi connectivity index (χ2v) is 11.8. The highest BCUT2D eigenvalue weighted by molar-refractivity contribution is 6.11. The third-order valence-corrected chi connectivity index (χ3v) is 9.44. The highest BCUT2D eigenvalue weighted by Gasteiger charge is 2.62. The molecule has 1 aliphatic heterocycles. The Balaban J connectivity index is 1.58. The number of fused-ring (bicyclic) bond motifs is 3. The van der Waals surface area contributed by atoms with Crippen LogP contribution in [0.5, 0.6) is 0 Å². The number of hydrogen-bond donors (Lipinski definition) is 0. The third-order valence-electron chi connectivity index (χ3n) is 9.44. The average Bonchev–Trinajstić information content (AvgIpc) is 3.19. The van der Waals surface area contributed by atoms with Crippen molar-refractivity contribution in [2.75, 3.05) is 11.9 Å². The largest absolute Gasteiger partial charge is 0.363 e. The quantitative estimate of drug-likeness (QED) is 0.216. The smallest absolute Gasteiger partial charge is 0.173 e. The Morgan fingerprint density at radius 1 is 0.683 bits per heavy atom. The van der Waals surface area contributed by atoms with Crippen LogP contribution in [0.15, 0.2) is 140 Å². The van der Waals surface area contributed by atoms with Gasteiger partial charge in [0.1, 0.15) is 0 Å². The monoisotopic (exact) mass is 531 g/mol. The lowest BCUT2D eigenvalue weighted by atomic mass is 9.57. The summed E-state index contributed by atoms with van der Waals surface area (Å²) in [7, 11) is 2.19. The Labute approximate surface area is 242 Å². The van der Waals surface area contributed by atoms with E-state index in [4.69, 9.17) is 0 Å². The number of hydrogen-bond acceptors (Lipinski definition) is 2. The van der Waals surface area contributed by atoms with Crippen LogP contribution in [0.2, 0.25) is 0 Å². The molecule has 0 saturated carbocycles. The molecule has 5 aromatic rings. The van der Waals surface area contributed by atoms with Crippen molar-refractivity contribution in [2.24, 2.45) is 5.92 Å². The lowest BCUT2D eigenvalue weighted by molar-refractivity contribution is 0.0885. The van der Waals surface area contributed by atoms with E-state index in [-0.39, 0.29) is 5.78 Å². The second-order valence-electron chi connectivity index (χ2n) is 11.8. The van der Waals surface area contributed by atoms with Crippen LogP contribution in [-0.2, 0) is 5.41 Å². The number of allylic oxidation sites excluding steroid dienone is 2. The average molecular weight is 532 g/mol. The number of carbonyl (C=O) groups excluding carboxylic acids is 1. The lowest BCUT2D eigenvalue weighted by Crippen LogP contribution is -2.61. The fourth-order valence-corrected chi connectivity index (χ4v) is 7.41. The second kappa shape index (κ2) is 9.45. The molecule has 0 amide bonds. The van der Waals surface area contributed by atoms with Crippen LogP contribution < -0.4 is 4.90 Å². The van der Waals surface area contributed by atoms with E-state index in [2.05, 4.69) is 129 Å². The van der Waals surface area contributed by atoms with E-state index >= 15 is 0 Å². The molecule has 0 fully saturated rings. The molecule has 0 bridgehead atoms. The van der Waals surface area contributed by atoms with Gasteiger partial charge in [-0.05, 0) is 45.4 Å². The van der Waals surface area contributed by atoms with Crippen LogP contribution in [-0.4, -0.2) is 18.4 Å². The first kappa shape index (κ1) is 25.3. The number of ketones is 1. The maximum Gasteiger partial charge on any atom is 0.173 e. The molecule has 2 atom stereocenters. The van der Waals surface area contributed by atoms with E-state index in [1.807, 2.05) is 36.4 Å².